The summed E-state index contributed by atoms with van der Waals surface area (Å²) in [5.74, 6) is 0.613. The molecule has 0 spiro atoms. The Morgan fingerprint density at radius 1 is 1.54 bits per heavy atom. The van der Waals surface area contributed by atoms with Crippen molar-refractivity contribution in [2.45, 2.75) is 19.8 Å². The Balaban J connectivity index is 2.71. The van der Waals surface area contributed by atoms with E-state index in [1.165, 1.54) is 0 Å². The molecule has 0 saturated carbocycles. The Kier molecular flexibility index (Phi) is 3.36. The number of nitrogens with zero attached hydrogens (tertiary/aromatic N) is 1. The molecule has 0 amide bonds. The molecule has 3 nitrogen and oxygen atoms in total. The summed E-state index contributed by atoms with van der Waals surface area (Å²) in [6, 6.07) is 0. The zero-order valence-electron chi connectivity index (χ0n) is 7.69. The minimum Gasteiger partial charge on any atom is -0.346 e. The lowest BCUT2D eigenvalue weighted by molar-refractivity contribution is 0.145. The Morgan fingerprint density at radius 2 is 2.23 bits per heavy atom. The van der Waals surface area contributed by atoms with E-state index >= 15 is 0 Å². The van der Waals surface area contributed by atoms with Crippen LogP contribution in [-0.4, -0.2) is 23.6 Å². The quantitative estimate of drug-likeness (QED) is 0.752. The fourth-order valence-corrected chi connectivity index (χ4v) is 1.11. The Morgan fingerprint density at radius 3 is 2.69 bits per heavy atom. The van der Waals surface area contributed by atoms with Crippen LogP contribution in [-0.2, 0) is 6.42 Å². The third-order valence-corrected chi connectivity index (χ3v) is 1.79. The molecule has 0 aliphatic carbocycles. The van der Waals surface area contributed by atoms with Gasteiger partial charge in [0.1, 0.15) is 11.5 Å². The molecule has 1 heterocycles. The number of aromatic nitrogens is 2. The number of imidazole rings is 1. The van der Waals surface area contributed by atoms with E-state index in [1.54, 1.807) is 6.92 Å². The van der Waals surface area contributed by atoms with E-state index < -0.39 is 6.43 Å². The number of H-pyrrole nitrogens is 1. The van der Waals surface area contributed by atoms with Crippen LogP contribution < -0.4 is 5.32 Å². The summed E-state index contributed by atoms with van der Waals surface area (Å²) in [6.07, 6.45) is -1.84. The first kappa shape index (κ1) is 10.1. The molecule has 1 aromatic heterocycles. The average Bonchev–Trinajstić information content (AvgIpc) is 2.43. The highest BCUT2D eigenvalue weighted by Crippen LogP contribution is 2.19. The summed E-state index contributed by atoms with van der Waals surface area (Å²) < 4.78 is 24.5. The molecule has 0 atom stereocenters. The largest absolute Gasteiger partial charge is 0.346 e. The molecular weight excluding hydrogens is 176 g/mol. The van der Waals surface area contributed by atoms with Crippen LogP contribution in [0, 0.1) is 6.92 Å². The van der Waals surface area contributed by atoms with Crippen molar-refractivity contribution in [1.82, 2.24) is 15.3 Å². The van der Waals surface area contributed by atoms with Gasteiger partial charge in [-0.15, -0.1) is 0 Å². The number of halogens is 2. The number of hydrogen-bond acceptors (Lipinski definition) is 2. The summed E-state index contributed by atoms with van der Waals surface area (Å²) in [6.45, 7) is 2.34. The highest BCUT2D eigenvalue weighted by Gasteiger charge is 2.15. The van der Waals surface area contributed by atoms with Crippen molar-refractivity contribution >= 4 is 0 Å². The van der Waals surface area contributed by atoms with Crippen LogP contribution in [0.2, 0.25) is 0 Å². The number of hydrogen-bond donors (Lipinski definition) is 2. The van der Waals surface area contributed by atoms with E-state index in [9.17, 15) is 8.78 Å². The highest BCUT2D eigenvalue weighted by molar-refractivity contribution is 5.14. The van der Waals surface area contributed by atoms with Crippen molar-refractivity contribution in [2.75, 3.05) is 13.6 Å². The minimum absolute atomic E-state index is 0.133. The van der Waals surface area contributed by atoms with E-state index in [2.05, 4.69) is 15.3 Å². The first-order valence-electron chi connectivity index (χ1n) is 4.13. The molecule has 5 heteroatoms. The van der Waals surface area contributed by atoms with Crippen LogP contribution in [0.5, 0.6) is 0 Å². The third-order valence-electron chi connectivity index (χ3n) is 1.79. The Labute approximate surface area is 75.6 Å². The van der Waals surface area contributed by atoms with Crippen LogP contribution in [0.25, 0.3) is 0 Å². The van der Waals surface area contributed by atoms with E-state index in [0.717, 1.165) is 6.54 Å². The monoisotopic (exact) mass is 189 g/mol. The summed E-state index contributed by atoms with van der Waals surface area (Å²) in [4.78, 5) is 6.63. The van der Waals surface area contributed by atoms with Crippen LogP contribution >= 0.6 is 0 Å². The second-order valence-corrected chi connectivity index (χ2v) is 2.85. The number of rotatable bonds is 4. The lowest BCUT2D eigenvalue weighted by Gasteiger charge is -1.94. The zero-order valence-corrected chi connectivity index (χ0v) is 7.69. The van der Waals surface area contributed by atoms with Crippen molar-refractivity contribution in [3.8, 4) is 0 Å². The van der Waals surface area contributed by atoms with Gasteiger partial charge in [-0.05, 0) is 14.0 Å². The number of alkyl halides is 2. The molecule has 2 N–H and O–H groups in total. The molecule has 0 aromatic carbocycles. The number of nitrogens with one attached hydrogen (secondary N) is 2. The normalized spacial score (nSPS) is 11.2. The van der Waals surface area contributed by atoms with E-state index in [1.807, 2.05) is 7.05 Å². The van der Waals surface area contributed by atoms with Gasteiger partial charge in [0.2, 0.25) is 0 Å². The van der Waals surface area contributed by atoms with E-state index in [0.29, 0.717) is 17.9 Å². The summed E-state index contributed by atoms with van der Waals surface area (Å²) in [7, 11) is 1.81. The van der Waals surface area contributed by atoms with Crippen molar-refractivity contribution in [1.29, 1.82) is 0 Å². The smallest absolute Gasteiger partial charge is 0.282 e. The van der Waals surface area contributed by atoms with Crippen LogP contribution in [0.3, 0.4) is 0 Å². The molecule has 0 saturated heterocycles. The molecule has 1 rings (SSSR count). The Hall–Kier alpha value is -0.970. The molecule has 0 fully saturated rings. The molecule has 74 valence electrons. The molecule has 0 radical (unpaired) electrons. The van der Waals surface area contributed by atoms with Gasteiger partial charge in [0.15, 0.2) is 0 Å². The maximum Gasteiger partial charge on any atom is 0.282 e. The second kappa shape index (κ2) is 4.32. The zero-order chi connectivity index (χ0) is 9.84. The molecule has 13 heavy (non-hydrogen) atoms. The van der Waals surface area contributed by atoms with Crippen molar-refractivity contribution in [3.63, 3.8) is 0 Å². The fraction of sp³-hybridized carbons (Fsp3) is 0.625. The SMILES string of the molecule is CNCCc1nc(C(F)F)c(C)[nH]1. The Bertz CT molecular complexity index is 270. The van der Waals surface area contributed by atoms with Gasteiger partial charge in [-0.1, -0.05) is 0 Å². The molecule has 0 aliphatic heterocycles. The van der Waals surface area contributed by atoms with Crippen molar-refractivity contribution < 1.29 is 8.78 Å². The highest BCUT2D eigenvalue weighted by atomic mass is 19.3. The third kappa shape index (κ3) is 2.48. The lowest BCUT2D eigenvalue weighted by Crippen LogP contribution is -2.11. The van der Waals surface area contributed by atoms with Crippen LogP contribution in [0.15, 0.2) is 0 Å². The minimum atomic E-state index is -2.49. The first-order valence-corrected chi connectivity index (χ1v) is 4.13. The van der Waals surface area contributed by atoms with Crippen LogP contribution in [0.4, 0.5) is 8.78 Å². The summed E-state index contributed by atoms with van der Waals surface area (Å²) in [5.41, 5.74) is 0.326. The molecule has 0 aliphatic rings. The fourth-order valence-electron chi connectivity index (χ4n) is 1.11. The first-order chi connectivity index (χ1) is 6.15. The average molecular weight is 189 g/mol. The van der Waals surface area contributed by atoms with Gasteiger partial charge >= 0.3 is 0 Å². The maximum absolute atomic E-state index is 12.3. The molecule has 0 bridgehead atoms. The number of likely N-dealkylation sites (N-methyl/N-ethyl adjacent to an activating group) is 1. The van der Waals surface area contributed by atoms with Gasteiger partial charge in [0.05, 0.1) is 0 Å². The molecule has 1 aromatic rings. The van der Waals surface area contributed by atoms with Crippen molar-refractivity contribution in [2.24, 2.45) is 0 Å². The topological polar surface area (TPSA) is 40.7 Å². The van der Waals surface area contributed by atoms with Gasteiger partial charge in [0, 0.05) is 18.7 Å². The molecular formula is C8H13F2N3. The number of aryl methyl sites for hydroxylation is 1. The van der Waals surface area contributed by atoms with E-state index in [-0.39, 0.29) is 5.69 Å². The lowest BCUT2D eigenvalue weighted by atomic mass is 10.4. The van der Waals surface area contributed by atoms with Crippen molar-refractivity contribution in [3.05, 3.63) is 17.2 Å². The standard InChI is InChI=1S/C8H13F2N3/c1-5-7(8(9)10)13-6(12-5)3-4-11-2/h8,11H,3-4H2,1-2H3,(H,12,13). The second-order valence-electron chi connectivity index (χ2n) is 2.85. The summed E-state index contributed by atoms with van der Waals surface area (Å²) >= 11 is 0. The van der Waals surface area contributed by atoms with Gasteiger partial charge in [-0.3, -0.25) is 0 Å². The van der Waals surface area contributed by atoms with Crippen LogP contribution in [0.1, 0.15) is 23.6 Å². The number of aromatic amines is 1. The van der Waals surface area contributed by atoms with Gasteiger partial charge in [-0.25, -0.2) is 13.8 Å². The predicted molar refractivity (Wildman–Crippen MR) is 45.9 cm³/mol. The molecule has 0 unspecified atom stereocenters. The maximum atomic E-state index is 12.3. The van der Waals surface area contributed by atoms with E-state index in [4.69, 9.17) is 0 Å². The summed E-state index contributed by atoms with van der Waals surface area (Å²) in [5, 5.41) is 2.93. The van der Waals surface area contributed by atoms with Gasteiger partial charge in [-0.2, -0.15) is 0 Å². The predicted octanol–water partition coefficient (Wildman–Crippen LogP) is 1.42. The van der Waals surface area contributed by atoms with Gasteiger partial charge in [0.25, 0.3) is 6.43 Å². The van der Waals surface area contributed by atoms with Gasteiger partial charge < -0.3 is 10.3 Å².